The van der Waals surface area contributed by atoms with E-state index < -0.39 is 0 Å². The van der Waals surface area contributed by atoms with E-state index in [-0.39, 0.29) is 0 Å². The lowest BCUT2D eigenvalue weighted by molar-refractivity contribution is 0.267. The maximum Gasteiger partial charge on any atom is 0.165 e. The van der Waals surface area contributed by atoms with Crippen LogP contribution in [0.15, 0.2) is 67.3 Å². The van der Waals surface area contributed by atoms with Gasteiger partial charge in [-0.15, -0.1) is 6.58 Å². The molecule has 1 N–H and O–H groups in total. The number of anilines is 1. The lowest BCUT2D eigenvalue weighted by Gasteiger charge is -2.18. The maximum atomic E-state index is 6.26. The van der Waals surface area contributed by atoms with Gasteiger partial charge in [-0.25, -0.2) is 0 Å². The molecule has 3 nitrogen and oxygen atoms in total. The number of ether oxygens (including phenoxy) is 2. The van der Waals surface area contributed by atoms with Crippen LogP contribution in [-0.2, 0) is 19.6 Å². The van der Waals surface area contributed by atoms with Crippen molar-refractivity contribution in [3.05, 3.63) is 100 Å². The molecule has 0 bridgehead atoms. The normalized spacial score (nSPS) is 10.6. The number of rotatable bonds is 10. The van der Waals surface area contributed by atoms with E-state index in [9.17, 15) is 0 Å². The molecule has 0 fully saturated rings. The third kappa shape index (κ3) is 6.05. The summed E-state index contributed by atoms with van der Waals surface area (Å²) in [6.07, 6.45) is 2.59. The number of nitrogens with one attached hydrogen (secondary N) is 1. The molecule has 0 aliphatic heterocycles. The van der Waals surface area contributed by atoms with Gasteiger partial charge >= 0.3 is 0 Å². The molecular weight excluding hydrogens is 406 g/mol. The first-order valence-corrected chi connectivity index (χ1v) is 11.0. The van der Waals surface area contributed by atoms with E-state index in [2.05, 4.69) is 49.2 Å². The van der Waals surface area contributed by atoms with E-state index in [1.165, 1.54) is 5.56 Å². The fourth-order valence-corrected chi connectivity index (χ4v) is 3.57. The van der Waals surface area contributed by atoms with E-state index in [0.717, 1.165) is 44.5 Å². The smallest absolute Gasteiger partial charge is 0.165 e. The Balaban J connectivity index is 1.85. The van der Waals surface area contributed by atoms with E-state index in [1.807, 2.05) is 44.2 Å². The molecule has 0 saturated heterocycles. The Morgan fingerprint density at radius 3 is 2.48 bits per heavy atom. The van der Waals surface area contributed by atoms with Gasteiger partial charge < -0.3 is 14.8 Å². The lowest BCUT2D eigenvalue weighted by atomic mass is 10.0. The van der Waals surface area contributed by atoms with Gasteiger partial charge in [0, 0.05) is 22.8 Å². The van der Waals surface area contributed by atoms with Gasteiger partial charge in [0.1, 0.15) is 6.61 Å². The molecule has 0 aromatic heterocycles. The van der Waals surface area contributed by atoms with Crippen molar-refractivity contribution in [1.82, 2.24) is 0 Å². The van der Waals surface area contributed by atoms with Crippen molar-refractivity contribution in [2.45, 2.75) is 40.3 Å². The van der Waals surface area contributed by atoms with Gasteiger partial charge in [0.25, 0.3) is 0 Å². The molecule has 0 spiro atoms. The van der Waals surface area contributed by atoms with Crippen LogP contribution in [0.25, 0.3) is 0 Å². The molecule has 3 rings (SSSR count). The summed E-state index contributed by atoms with van der Waals surface area (Å²) in [6, 6.07) is 18.5. The molecule has 0 radical (unpaired) electrons. The van der Waals surface area contributed by atoms with E-state index in [1.54, 1.807) is 0 Å². The highest BCUT2D eigenvalue weighted by Crippen LogP contribution is 2.35. The van der Waals surface area contributed by atoms with Gasteiger partial charge in [0.15, 0.2) is 11.5 Å². The molecule has 3 aromatic carbocycles. The third-order valence-corrected chi connectivity index (χ3v) is 5.52. The molecule has 0 aliphatic carbocycles. The first-order chi connectivity index (χ1) is 15.0. The predicted octanol–water partition coefficient (Wildman–Crippen LogP) is 7.28. The first-order valence-electron chi connectivity index (χ1n) is 10.6. The van der Waals surface area contributed by atoms with Crippen molar-refractivity contribution < 1.29 is 9.47 Å². The van der Waals surface area contributed by atoms with Gasteiger partial charge in [-0.05, 0) is 68.1 Å². The summed E-state index contributed by atoms with van der Waals surface area (Å²) in [5.74, 6) is 1.54. The summed E-state index contributed by atoms with van der Waals surface area (Å²) in [5.41, 5.74) is 6.60. The topological polar surface area (TPSA) is 30.5 Å². The van der Waals surface area contributed by atoms with Crippen molar-refractivity contribution >= 4 is 17.3 Å². The summed E-state index contributed by atoms with van der Waals surface area (Å²) in [4.78, 5) is 0. The monoisotopic (exact) mass is 435 g/mol. The Kier molecular flexibility index (Phi) is 8.02. The zero-order chi connectivity index (χ0) is 22.2. The molecule has 0 unspecified atom stereocenters. The Bertz CT molecular complexity index is 1030. The maximum absolute atomic E-state index is 6.26. The van der Waals surface area contributed by atoms with Crippen LogP contribution < -0.4 is 14.8 Å². The average Bonchev–Trinajstić information content (AvgIpc) is 2.76. The molecule has 0 saturated carbocycles. The Labute approximate surface area is 190 Å². The van der Waals surface area contributed by atoms with Crippen LogP contribution in [-0.4, -0.2) is 6.61 Å². The third-order valence-electron chi connectivity index (χ3n) is 5.11. The van der Waals surface area contributed by atoms with Gasteiger partial charge in [-0.1, -0.05) is 53.6 Å². The van der Waals surface area contributed by atoms with Crippen LogP contribution in [0.3, 0.4) is 0 Å². The van der Waals surface area contributed by atoms with Crippen LogP contribution in [0.4, 0.5) is 5.69 Å². The molecule has 0 atom stereocenters. The molecule has 0 heterocycles. The van der Waals surface area contributed by atoms with Crippen LogP contribution in [0.5, 0.6) is 11.5 Å². The van der Waals surface area contributed by atoms with Gasteiger partial charge in [-0.3, -0.25) is 0 Å². The highest BCUT2D eigenvalue weighted by Gasteiger charge is 2.14. The number of hydrogen-bond donors (Lipinski definition) is 1. The van der Waals surface area contributed by atoms with Crippen molar-refractivity contribution in [2.75, 3.05) is 11.9 Å². The molecular formula is C27H30ClNO2. The summed E-state index contributed by atoms with van der Waals surface area (Å²) < 4.78 is 12.2. The highest BCUT2D eigenvalue weighted by atomic mass is 35.5. The number of benzene rings is 3. The number of halogens is 1. The molecule has 4 heteroatoms. The highest BCUT2D eigenvalue weighted by molar-refractivity contribution is 6.31. The second-order valence-corrected chi connectivity index (χ2v) is 7.96. The largest absolute Gasteiger partial charge is 0.490 e. The van der Waals surface area contributed by atoms with Gasteiger partial charge in [0.05, 0.1) is 6.61 Å². The zero-order valence-electron chi connectivity index (χ0n) is 18.5. The standard InChI is InChI=1S/C27H30ClNO2/c1-5-8-23-15-22(17-29-25-10-7-9-24(28)20(25)4)16-26(30-6-2)27(23)31-18-21-13-11-19(3)12-14-21/h5,7,9-16,29H,1,6,8,17-18H2,2-4H3. The SMILES string of the molecule is C=CCc1cc(CNc2cccc(Cl)c2C)cc(OCC)c1OCc1ccc(C)cc1. The van der Waals surface area contributed by atoms with E-state index in [0.29, 0.717) is 26.2 Å². The van der Waals surface area contributed by atoms with Crippen LogP contribution in [0, 0.1) is 13.8 Å². The Morgan fingerprint density at radius 2 is 1.77 bits per heavy atom. The quantitative estimate of drug-likeness (QED) is 0.339. The van der Waals surface area contributed by atoms with E-state index >= 15 is 0 Å². The van der Waals surface area contributed by atoms with Gasteiger partial charge in [-0.2, -0.15) is 0 Å². The van der Waals surface area contributed by atoms with Crippen LogP contribution in [0.2, 0.25) is 5.02 Å². The number of hydrogen-bond acceptors (Lipinski definition) is 3. The minimum Gasteiger partial charge on any atom is -0.490 e. The summed E-state index contributed by atoms with van der Waals surface area (Å²) in [6.45, 7) is 11.7. The van der Waals surface area contributed by atoms with Crippen molar-refractivity contribution in [1.29, 1.82) is 0 Å². The Morgan fingerprint density at radius 1 is 1.00 bits per heavy atom. The molecule has 162 valence electrons. The van der Waals surface area contributed by atoms with Crippen molar-refractivity contribution in [2.24, 2.45) is 0 Å². The summed E-state index contributed by atoms with van der Waals surface area (Å²) >= 11 is 6.26. The zero-order valence-corrected chi connectivity index (χ0v) is 19.3. The molecule has 0 amide bonds. The fourth-order valence-electron chi connectivity index (χ4n) is 3.39. The minimum absolute atomic E-state index is 0.490. The number of aryl methyl sites for hydroxylation is 1. The van der Waals surface area contributed by atoms with E-state index in [4.69, 9.17) is 21.1 Å². The predicted molar refractivity (Wildman–Crippen MR) is 131 cm³/mol. The second-order valence-electron chi connectivity index (χ2n) is 7.55. The van der Waals surface area contributed by atoms with Crippen molar-refractivity contribution in [3.8, 4) is 11.5 Å². The number of allylic oxidation sites excluding steroid dienone is 1. The summed E-state index contributed by atoms with van der Waals surface area (Å²) in [5, 5.41) is 4.24. The fraction of sp³-hybridized carbons (Fsp3) is 0.259. The molecule has 3 aromatic rings. The van der Waals surface area contributed by atoms with Crippen LogP contribution in [0.1, 0.15) is 34.7 Å². The molecule has 31 heavy (non-hydrogen) atoms. The second kappa shape index (κ2) is 10.9. The Hall–Kier alpha value is -2.91. The summed E-state index contributed by atoms with van der Waals surface area (Å²) in [7, 11) is 0. The lowest BCUT2D eigenvalue weighted by Crippen LogP contribution is -2.06. The van der Waals surface area contributed by atoms with Crippen molar-refractivity contribution in [3.63, 3.8) is 0 Å². The first kappa shape index (κ1) is 22.8. The average molecular weight is 436 g/mol. The minimum atomic E-state index is 0.490. The van der Waals surface area contributed by atoms with Gasteiger partial charge in [0.2, 0.25) is 0 Å². The molecule has 0 aliphatic rings. The van der Waals surface area contributed by atoms with Crippen LogP contribution >= 0.6 is 11.6 Å².